The monoisotopic (exact) mass is 652 g/mol. The second-order valence-electron chi connectivity index (χ2n) is 11.7. The topological polar surface area (TPSA) is 152 Å². The van der Waals surface area contributed by atoms with Gasteiger partial charge in [0.1, 0.15) is 31.0 Å². The first-order valence-corrected chi connectivity index (χ1v) is 17.1. The fraction of sp³-hybridized carbons (Fsp3) is 0.722. The molecule has 46 heavy (non-hydrogen) atoms. The van der Waals surface area contributed by atoms with Crippen LogP contribution in [-0.4, -0.2) is 89.0 Å². The Balaban J connectivity index is 2.45. The van der Waals surface area contributed by atoms with Gasteiger partial charge in [0.05, 0.1) is 13.2 Å². The number of carbonyl (C=O) groups excluding carboxylic acids is 2. The first-order chi connectivity index (χ1) is 22.3. The van der Waals surface area contributed by atoms with E-state index in [1.165, 1.54) is 0 Å². The summed E-state index contributed by atoms with van der Waals surface area (Å²) in [6, 6.07) is 0. The molecule has 0 aromatic rings. The molecular weight excluding hydrogens is 592 g/mol. The van der Waals surface area contributed by atoms with Crippen molar-refractivity contribution < 1.29 is 49.0 Å². The number of allylic oxidation sites excluding steroid dienone is 7. The van der Waals surface area contributed by atoms with Gasteiger partial charge >= 0.3 is 11.9 Å². The lowest BCUT2D eigenvalue weighted by Crippen LogP contribution is -2.59. The lowest BCUT2D eigenvalue weighted by molar-refractivity contribution is -0.305. The molecule has 1 heterocycles. The van der Waals surface area contributed by atoms with Crippen molar-refractivity contribution in [3.63, 3.8) is 0 Å². The first kappa shape index (κ1) is 41.7. The van der Waals surface area contributed by atoms with Crippen molar-refractivity contribution in [1.82, 2.24) is 0 Å². The summed E-state index contributed by atoms with van der Waals surface area (Å²) in [6.07, 6.45) is 20.5. The normalized spacial score (nSPS) is 22.5. The highest BCUT2D eigenvalue weighted by Crippen LogP contribution is 2.22. The molecule has 0 spiro atoms. The maximum Gasteiger partial charge on any atom is 0.306 e. The molecular formula is C36H60O10. The van der Waals surface area contributed by atoms with Crippen LogP contribution in [0.15, 0.2) is 49.1 Å². The van der Waals surface area contributed by atoms with E-state index in [0.29, 0.717) is 12.8 Å². The first-order valence-electron chi connectivity index (χ1n) is 17.1. The van der Waals surface area contributed by atoms with Crippen LogP contribution in [-0.2, 0) is 28.5 Å². The molecule has 0 radical (unpaired) electrons. The van der Waals surface area contributed by atoms with E-state index in [2.05, 4.69) is 37.0 Å². The number of rotatable bonds is 27. The molecule has 10 nitrogen and oxygen atoms in total. The summed E-state index contributed by atoms with van der Waals surface area (Å²) in [5, 5.41) is 39.7. The third kappa shape index (κ3) is 20.0. The number of aliphatic hydroxyl groups excluding tert-OH is 4. The van der Waals surface area contributed by atoms with Gasteiger partial charge in [0.25, 0.3) is 0 Å². The van der Waals surface area contributed by atoms with E-state index in [9.17, 15) is 30.0 Å². The molecule has 0 bridgehead atoms. The van der Waals surface area contributed by atoms with Gasteiger partial charge in [0.2, 0.25) is 0 Å². The number of esters is 2. The summed E-state index contributed by atoms with van der Waals surface area (Å²) in [4.78, 5) is 25.0. The molecule has 4 N–H and O–H groups in total. The number of hydrogen-bond donors (Lipinski definition) is 4. The van der Waals surface area contributed by atoms with Gasteiger partial charge in [-0.2, -0.15) is 0 Å². The average molecular weight is 653 g/mol. The molecule has 1 saturated heterocycles. The predicted molar refractivity (Wildman–Crippen MR) is 178 cm³/mol. The molecule has 0 aromatic heterocycles. The molecule has 10 heteroatoms. The molecule has 0 aromatic carbocycles. The van der Waals surface area contributed by atoms with E-state index >= 15 is 0 Å². The van der Waals surface area contributed by atoms with Crippen LogP contribution in [0.3, 0.4) is 0 Å². The Morgan fingerprint density at radius 3 is 1.98 bits per heavy atom. The van der Waals surface area contributed by atoms with Gasteiger partial charge in [-0.05, 0) is 58.3 Å². The van der Waals surface area contributed by atoms with Crippen molar-refractivity contribution in [2.75, 3.05) is 19.8 Å². The number of carbonyl (C=O) groups is 2. The van der Waals surface area contributed by atoms with Crippen LogP contribution in [0.5, 0.6) is 0 Å². The second kappa shape index (κ2) is 27.7. The van der Waals surface area contributed by atoms with Gasteiger partial charge in [0, 0.05) is 12.8 Å². The molecule has 0 aliphatic carbocycles. The van der Waals surface area contributed by atoms with Crippen molar-refractivity contribution in [3.05, 3.63) is 49.1 Å². The lowest BCUT2D eigenvalue weighted by Gasteiger charge is -2.39. The second-order valence-corrected chi connectivity index (χ2v) is 11.7. The third-order valence-electron chi connectivity index (χ3n) is 7.67. The lowest BCUT2D eigenvalue weighted by atomic mass is 9.99. The van der Waals surface area contributed by atoms with Crippen LogP contribution >= 0.6 is 0 Å². The van der Waals surface area contributed by atoms with E-state index < -0.39 is 55.4 Å². The maximum absolute atomic E-state index is 12.6. The number of unbranched alkanes of at least 4 members (excludes halogenated alkanes) is 10. The van der Waals surface area contributed by atoms with E-state index in [0.717, 1.165) is 77.0 Å². The molecule has 1 aliphatic heterocycles. The number of ether oxygens (including phenoxy) is 4. The van der Waals surface area contributed by atoms with Crippen LogP contribution in [0.25, 0.3) is 0 Å². The molecule has 6 atom stereocenters. The SMILES string of the molecule is C=CC/C=C/C/C=C\CCCCCCCC(=O)O[C@H](COC(=O)CCCCCCC/C=C/C)CO[C@@H]1O[C@H](CO)[C@H](O)[C@H](O)[C@H]1O. The Hall–Kier alpha value is -2.34. The minimum absolute atomic E-state index is 0.204. The number of hydrogen-bond acceptors (Lipinski definition) is 10. The minimum atomic E-state index is -1.60. The smallest absolute Gasteiger partial charge is 0.306 e. The summed E-state index contributed by atoms with van der Waals surface area (Å²) >= 11 is 0. The molecule has 1 aliphatic rings. The van der Waals surface area contributed by atoms with Gasteiger partial charge < -0.3 is 39.4 Å². The Morgan fingerprint density at radius 2 is 1.33 bits per heavy atom. The van der Waals surface area contributed by atoms with Gasteiger partial charge in [-0.25, -0.2) is 0 Å². The van der Waals surface area contributed by atoms with E-state index in [1.54, 1.807) is 0 Å². The predicted octanol–water partition coefficient (Wildman–Crippen LogP) is 5.37. The van der Waals surface area contributed by atoms with Crippen LogP contribution in [0.4, 0.5) is 0 Å². The Kier molecular flexibility index (Phi) is 25.1. The van der Waals surface area contributed by atoms with E-state index in [1.807, 2.05) is 19.1 Å². The van der Waals surface area contributed by atoms with Crippen LogP contribution in [0.2, 0.25) is 0 Å². The van der Waals surface area contributed by atoms with Crippen molar-refractivity contribution in [2.24, 2.45) is 0 Å². The van der Waals surface area contributed by atoms with Gasteiger partial charge in [-0.1, -0.05) is 81.1 Å². The maximum atomic E-state index is 12.6. The van der Waals surface area contributed by atoms with Crippen LogP contribution in [0, 0.1) is 0 Å². The minimum Gasteiger partial charge on any atom is -0.462 e. The quantitative estimate of drug-likeness (QED) is 0.0518. The fourth-order valence-electron chi connectivity index (χ4n) is 4.90. The summed E-state index contributed by atoms with van der Waals surface area (Å²) < 4.78 is 21.9. The van der Waals surface area contributed by atoms with Gasteiger partial charge in [-0.3, -0.25) is 9.59 Å². The van der Waals surface area contributed by atoms with Crippen LogP contribution < -0.4 is 0 Å². The standard InChI is InChI=1S/C36H60O10/c1-3-5-7-9-11-13-14-15-16-17-19-21-23-25-32(39)45-29(27-43-31(38)24-22-20-18-12-10-8-6-4-2)28-44-36-35(42)34(41)33(40)30(26-37)46-36/h3-4,6-7,9,13-14,29-30,33-37,40-42H,1,5,8,10-12,15-28H2,2H3/b6-4+,9-7+,14-13-/t29-,30-,33+,34+,35-,36-/m1/s1. The summed E-state index contributed by atoms with van der Waals surface area (Å²) in [6.45, 7) is 4.58. The summed E-state index contributed by atoms with van der Waals surface area (Å²) in [5.41, 5.74) is 0. The zero-order valence-electron chi connectivity index (χ0n) is 27.9. The van der Waals surface area contributed by atoms with Crippen LogP contribution in [0.1, 0.15) is 110 Å². The molecule has 0 unspecified atom stereocenters. The highest BCUT2D eigenvalue weighted by atomic mass is 16.7. The average Bonchev–Trinajstić information content (AvgIpc) is 3.05. The van der Waals surface area contributed by atoms with Gasteiger partial charge in [-0.15, -0.1) is 6.58 Å². The van der Waals surface area contributed by atoms with Gasteiger partial charge in [0.15, 0.2) is 12.4 Å². The number of aliphatic hydroxyl groups is 4. The van der Waals surface area contributed by atoms with E-state index in [-0.39, 0.29) is 26.1 Å². The molecule has 0 saturated carbocycles. The Morgan fingerprint density at radius 1 is 0.739 bits per heavy atom. The zero-order valence-corrected chi connectivity index (χ0v) is 27.9. The van der Waals surface area contributed by atoms with E-state index in [4.69, 9.17) is 18.9 Å². The molecule has 264 valence electrons. The zero-order chi connectivity index (χ0) is 33.8. The molecule has 1 fully saturated rings. The van der Waals surface area contributed by atoms with Crippen molar-refractivity contribution in [3.8, 4) is 0 Å². The highest BCUT2D eigenvalue weighted by Gasteiger charge is 2.44. The molecule has 0 amide bonds. The van der Waals surface area contributed by atoms with Crippen molar-refractivity contribution >= 4 is 11.9 Å². The van der Waals surface area contributed by atoms with Crippen molar-refractivity contribution in [2.45, 2.75) is 146 Å². The van der Waals surface area contributed by atoms with Crippen molar-refractivity contribution in [1.29, 1.82) is 0 Å². The summed E-state index contributed by atoms with van der Waals surface area (Å²) in [7, 11) is 0. The Labute approximate surface area is 276 Å². The Bertz CT molecular complexity index is 884. The summed E-state index contributed by atoms with van der Waals surface area (Å²) in [5.74, 6) is -0.856. The third-order valence-corrected chi connectivity index (χ3v) is 7.67. The highest BCUT2D eigenvalue weighted by molar-refractivity contribution is 5.70. The molecule has 1 rings (SSSR count). The largest absolute Gasteiger partial charge is 0.462 e. The fourth-order valence-corrected chi connectivity index (χ4v) is 4.90.